The lowest BCUT2D eigenvalue weighted by molar-refractivity contribution is -0.137. The second-order valence-corrected chi connectivity index (χ2v) is 6.06. The minimum Gasteiger partial charge on any atom is -0.432 e. The van der Waals surface area contributed by atoms with Gasteiger partial charge in [-0.3, -0.25) is 14.8 Å². The Morgan fingerprint density at radius 1 is 1.07 bits per heavy atom. The number of hydroxylamine groups is 1. The Kier molecular flexibility index (Phi) is 7.56. The van der Waals surface area contributed by atoms with Crippen molar-refractivity contribution in [3.05, 3.63) is 41.9 Å². The molecule has 0 saturated heterocycles. The Morgan fingerprint density at radius 2 is 1.75 bits per heavy atom. The van der Waals surface area contributed by atoms with Crippen molar-refractivity contribution in [3.8, 4) is 11.3 Å². The summed E-state index contributed by atoms with van der Waals surface area (Å²) in [6.07, 6.45) is 0.00309. The van der Waals surface area contributed by atoms with Crippen molar-refractivity contribution in [2.24, 2.45) is 0 Å². The van der Waals surface area contributed by atoms with E-state index in [0.717, 1.165) is 25.0 Å². The number of hydrogen-bond acceptors (Lipinski definition) is 5. The highest BCUT2D eigenvalue weighted by Crippen LogP contribution is 2.31. The topological polar surface area (TPSA) is 104 Å². The Labute approximate surface area is 158 Å². The molecule has 0 aliphatic heterocycles. The fourth-order valence-corrected chi connectivity index (χ4v) is 2.43. The maximum absolute atomic E-state index is 12.6. The van der Waals surface area contributed by atoms with Crippen molar-refractivity contribution in [1.29, 1.82) is 0 Å². The molecule has 0 fully saturated rings. The van der Waals surface area contributed by atoms with Crippen LogP contribution in [0.5, 0.6) is 0 Å². The van der Waals surface area contributed by atoms with Crippen LogP contribution >= 0.6 is 0 Å². The van der Waals surface area contributed by atoms with Crippen molar-refractivity contribution >= 4 is 11.8 Å². The fraction of sp³-hybridized carbons (Fsp3) is 0.389. The average molecular weight is 399 g/mol. The Balaban J connectivity index is 1.77. The van der Waals surface area contributed by atoms with Gasteiger partial charge in [0.1, 0.15) is 0 Å². The van der Waals surface area contributed by atoms with E-state index < -0.39 is 23.6 Å². The number of unbranched alkanes of at least 4 members (excludes halogenated alkanes) is 3. The van der Waals surface area contributed by atoms with Gasteiger partial charge in [0.05, 0.1) is 11.8 Å². The minimum atomic E-state index is -4.42. The monoisotopic (exact) mass is 399 g/mol. The van der Waals surface area contributed by atoms with E-state index in [9.17, 15) is 22.8 Å². The van der Waals surface area contributed by atoms with Gasteiger partial charge in [0.15, 0.2) is 5.76 Å². The van der Waals surface area contributed by atoms with Crippen LogP contribution in [0, 0.1) is 0 Å². The van der Waals surface area contributed by atoms with Crippen LogP contribution in [0.4, 0.5) is 13.2 Å². The lowest BCUT2D eigenvalue weighted by Crippen LogP contribution is -2.24. The quantitative estimate of drug-likeness (QED) is 0.340. The third-order valence-corrected chi connectivity index (χ3v) is 3.94. The lowest BCUT2D eigenvalue weighted by atomic mass is 10.1. The first kappa shape index (κ1) is 21.4. The molecule has 1 aromatic heterocycles. The number of hydrogen-bond donors (Lipinski definition) is 3. The van der Waals surface area contributed by atoms with Crippen LogP contribution in [0.3, 0.4) is 0 Å². The normalized spacial score (nSPS) is 11.3. The van der Waals surface area contributed by atoms with E-state index in [1.165, 1.54) is 18.3 Å². The van der Waals surface area contributed by atoms with Gasteiger partial charge >= 0.3 is 12.1 Å². The molecule has 10 heteroatoms. The molecular weight excluding hydrogens is 379 g/mol. The number of carbonyl (C=O) groups excluding carboxylic acids is 2. The summed E-state index contributed by atoms with van der Waals surface area (Å²) in [5, 5.41) is 11.0. The van der Waals surface area contributed by atoms with E-state index in [1.54, 1.807) is 5.48 Å². The van der Waals surface area contributed by atoms with Gasteiger partial charge in [0.2, 0.25) is 5.91 Å². The number of nitrogens with one attached hydrogen (secondary N) is 2. The largest absolute Gasteiger partial charge is 0.432 e. The van der Waals surface area contributed by atoms with Crippen LogP contribution in [-0.2, 0) is 11.0 Å². The highest BCUT2D eigenvalue weighted by atomic mass is 19.4. The summed E-state index contributed by atoms with van der Waals surface area (Å²) >= 11 is 0. The maximum atomic E-state index is 12.6. The molecule has 28 heavy (non-hydrogen) atoms. The highest BCUT2D eigenvalue weighted by molar-refractivity contribution is 5.89. The number of aromatic nitrogens is 1. The van der Waals surface area contributed by atoms with E-state index in [1.807, 2.05) is 0 Å². The second kappa shape index (κ2) is 9.88. The summed E-state index contributed by atoms with van der Waals surface area (Å²) < 4.78 is 43.1. The summed E-state index contributed by atoms with van der Waals surface area (Å²) in [7, 11) is 0. The standard InChI is InChI=1S/C18H20F3N3O4/c19-18(20,21)13-8-6-12(7-9-13)14-11-23-17(28-14)16(26)22-10-4-2-1-3-5-15(25)24-27/h6-9,11,27H,1-5,10H2,(H,22,26)(H,24,25). The molecule has 0 saturated carbocycles. The lowest BCUT2D eigenvalue weighted by Gasteiger charge is -2.06. The third-order valence-electron chi connectivity index (χ3n) is 3.94. The van der Waals surface area contributed by atoms with Gasteiger partial charge in [0.25, 0.3) is 5.89 Å². The predicted molar refractivity (Wildman–Crippen MR) is 92.3 cm³/mol. The summed E-state index contributed by atoms with van der Waals surface area (Å²) in [5.41, 5.74) is 1.17. The smallest absolute Gasteiger partial charge is 0.416 e. The molecule has 0 bridgehead atoms. The number of oxazole rings is 1. The third kappa shape index (κ3) is 6.38. The molecule has 7 nitrogen and oxygen atoms in total. The van der Waals surface area contributed by atoms with Crippen molar-refractivity contribution < 1.29 is 32.4 Å². The molecule has 0 spiro atoms. The molecule has 2 aromatic rings. The molecule has 0 aliphatic rings. The van der Waals surface area contributed by atoms with Crippen LogP contribution in [0.15, 0.2) is 34.9 Å². The van der Waals surface area contributed by atoms with Gasteiger partial charge in [-0.1, -0.05) is 25.0 Å². The zero-order chi connectivity index (χ0) is 20.6. The highest BCUT2D eigenvalue weighted by Gasteiger charge is 2.30. The SMILES string of the molecule is O=C(CCCCCCNC(=O)c1ncc(-c2ccc(C(F)(F)F)cc2)o1)NO. The van der Waals surface area contributed by atoms with Crippen LogP contribution in [0.2, 0.25) is 0 Å². The van der Waals surface area contributed by atoms with Crippen molar-refractivity contribution in [2.45, 2.75) is 38.3 Å². The first-order valence-corrected chi connectivity index (χ1v) is 8.66. The van der Waals surface area contributed by atoms with Gasteiger partial charge < -0.3 is 9.73 Å². The van der Waals surface area contributed by atoms with Gasteiger partial charge in [-0.2, -0.15) is 13.2 Å². The molecule has 1 heterocycles. The van der Waals surface area contributed by atoms with Crippen molar-refractivity contribution in [3.63, 3.8) is 0 Å². The van der Waals surface area contributed by atoms with Crippen LogP contribution in [0.1, 0.15) is 48.4 Å². The molecule has 2 amide bonds. The molecule has 0 radical (unpaired) electrons. The summed E-state index contributed by atoms with van der Waals surface area (Å²) in [6.45, 7) is 0.392. The van der Waals surface area contributed by atoms with Gasteiger partial charge in [-0.25, -0.2) is 10.5 Å². The van der Waals surface area contributed by atoms with E-state index in [4.69, 9.17) is 9.62 Å². The first-order valence-electron chi connectivity index (χ1n) is 8.66. The van der Waals surface area contributed by atoms with E-state index in [2.05, 4.69) is 10.3 Å². The minimum absolute atomic E-state index is 0.172. The maximum Gasteiger partial charge on any atom is 0.416 e. The van der Waals surface area contributed by atoms with Crippen LogP contribution < -0.4 is 10.8 Å². The molecule has 0 unspecified atom stereocenters. The fourth-order valence-electron chi connectivity index (χ4n) is 2.43. The molecule has 0 atom stereocenters. The number of amides is 2. The predicted octanol–water partition coefficient (Wildman–Crippen LogP) is 3.55. The number of rotatable bonds is 9. The number of carbonyl (C=O) groups is 2. The summed E-state index contributed by atoms with van der Waals surface area (Å²) in [5.74, 6) is -0.922. The zero-order valence-electron chi connectivity index (χ0n) is 14.9. The number of alkyl halides is 3. The molecule has 0 aliphatic carbocycles. The van der Waals surface area contributed by atoms with Crippen molar-refractivity contribution in [1.82, 2.24) is 15.8 Å². The second-order valence-electron chi connectivity index (χ2n) is 6.06. The van der Waals surface area contributed by atoms with E-state index >= 15 is 0 Å². The van der Waals surface area contributed by atoms with Gasteiger partial charge in [-0.15, -0.1) is 0 Å². The summed E-state index contributed by atoms with van der Waals surface area (Å²) in [4.78, 5) is 26.7. The Morgan fingerprint density at radius 3 is 2.39 bits per heavy atom. The van der Waals surface area contributed by atoms with E-state index in [0.29, 0.717) is 24.9 Å². The zero-order valence-corrected chi connectivity index (χ0v) is 14.9. The molecule has 1 aromatic carbocycles. The average Bonchev–Trinajstić information content (AvgIpc) is 3.16. The van der Waals surface area contributed by atoms with Gasteiger partial charge in [-0.05, 0) is 25.0 Å². The number of benzene rings is 1. The number of nitrogens with zero attached hydrogens (tertiary/aromatic N) is 1. The van der Waals surface area contributed by atoms with E-state index in [-0.39, 0.29) is 18.1 Å². The van der Waals surface area contributed by atoms with Gasteiger partial charge in [0, 0.05) is 18.5 Å². The number of halogens is 3. The van der Waals surface area contributed by atoms with Crippen LogP contribution in [0.25, 0.3) is 11.3 Å². The molecule has 152 valence electrons. The molecular formula is C18H20F3N3O4. The molecule has 2 rings (SSSR count). The van der Waals surface area contributed by atoms with Crippen LogP contribution in [-0.4, -0.2) is 28.6 Å². The van der Waals surface area contributed by atoms with Crippen molar-refractivity contribution in [2.75, 3.05) is 6.54 Å². The Bertz CT molecular complexity index is 788. The Hall–Kier alpha value is -2.88. The summed E-state index contributed by atoms with van der Waals surface area (Å²) in [6, 6.07) is 4.37. The molecule has 3 N–H and O–H groups in total. The first-order chi connectivity index (χ1) is 13.3.